The lowest BCUT2D eigenvalue weighted by molar-refractivity contribution is 0.597. The number of aromatic nitrogens is 2. The molecule has 0 bridgehead atoms. The monoisotopic (exact) mass is 288 g/mol. The van der Waals surface area contributed by atoms with Crippen LogP contribution in [0.3, 0.4) is 0 Å². The summed E-state index contributed by atoms with van der Waals surface area (Å²) in [6.07, 6.45) is 0. The van der Waals surface area contributed by atoms with Crippen LogP contribution in [0.25, 0.3) is 0 Å². The van der Waals surface area contributed by atoms with Crippen molar-refractivity contribution in [2.45, 2.75) is 11.8 Å². The first-order valence-corrected chi connectivity index (χ1v) is 7.03. The Morgan fingerprint density at radius 2 is 2.17 bits per heavy atom. The van der Waals surface area contributed by atoms with Crippen molar-refractivity contribution >= 4 is 32.4 Å². The first kappa shape index (κ1) is 12.7. The average molecular weight is 288 g/mol. The maximum atomic E-state index is 13.2. The molecule has 2 aromatic rings. The molecule has 0 unspecified atom stereocenters. The highest BCUT2D eigenvalue weighted by Crippen LogP contribution is 2.24. The van der Waals surface area contributed by atoms with Gasteiger partial charge in [0.25, 0.3) is 10.0 Å². The number of halogens is 1. The minimum absolute atomic E-state index is 0.108. The number of nitrogens with two attached hydrogens (primary N) is 1. The number of sulfonamides is 1. The van der Waals surface area contributed by atoms with Gasteiger partial charge < -0.3 is 5.73 Å². The summed E-state index contributed by atoms with van der Waals surface area (Å²) in [4.78, 5) is 3.53. The van der Waals surface area contributed by atoms with Gasteiger partial charge in [-0.3, -0.25) is 4.72 Å². The van der Waals surface area contributed by atoms with Crippen LogP contribution in [0.5, 0.6) is 0 Å². The van der Waals surface area contributed by atoms with Gasteiger partial charge in [-0.1, -0.05) is 6.07 Å². The van der Waals surface area contributed by atoms with Crippen LogP contribution < -0.4 is 10.5 Å². The van der Waals surface area contributed by atoms with Crippen molar-refractivity contribution in [1.82, 2.24) is 9.36 Å². The second-order valence-electron chi connectivity index (χ2n) is 3.40. The van der Waals surface area contributed by atoms with Gasteiger partial charge in [0, 0.05) is 11.5 Å². The standard InChI is InChI=1S/C9H9FN4O2S2/c1-5-12-9(17-13-5)14-18(15,16)7-4-2-3-6(10)8(7)11/h2-4H,11H2,1H3,(H,12,13,14). The Morgan fingerprint density at radius 1 is 1.44 bits per heavy atom. The molecule has 0 spiro atoms. The lowest BCUT2D eigenvalue weighted by atomic mass is 10.3. The highest BCUT2D eigenvalue weighted by Gasteiger charge is 2.20. The largest absolute Gasteiger partial charge is 0.395 e. The van der Waals surface area contributed by atoms with E-state index < -0.39 is 21.5 Å². The number of aryl methyl sites for hydroxylation is 1. The second-order valence-corrected chi connectivity index (χ2v) is 5.81. The molecular weight excluding hydrogens is 279 g/mol. The third-order valence-corrected chi connectivity index (χ3v) is 4.30. The van der Waals surface area contributed by atoms with Crippen molar-refractivity contribution in [2.75, 3.05) is 10.5 Å². The van der Waals surface area contributed by atoms with Crippen LogP contribution >= 0.6 is 11.5 Å². The summed E-state index contributed by atoms with van der Waals surface area (Å²) in [5.41, 5.74) is 4.98. The molecule has 18 heavy (non-hydrogen) atoms. The van der Waals surface area contributed by atoms with Gasteiger partial charge in [0.1, 0.15) is 16.5 Å². The van der Waals surface area contributed by atoms with Gasteiger partial charge in [0.05, 0.1) is 5.69 Å². The molecule has 1 aromatic heterocycles. The second kappa shape index (κ2) is 4.50. The molecule has 0 fully saturated rings. The van der Waals surface area contributed by atoms with Crippen LogP contribution in [0.4, 0.5) is 15.2 Å². The van der Waals surface area contributed by atoms with Gasteiger partial charge >= 0.3 is 0 Å². The van der Waals surface area contributed by atoms with E-state index in [0.29, 0.717) is 5.82 Å². The van der Waals surface area contributed by atoms with E-state index in [-0.39, 0.29) is 10.0 Å². The number of benzene rings is 1. The predicted molar refractivity (Wildman–Crippen MR) is 66.3 cm³/mol. The molecule has 0 radical (unpaired) electrons. The Hall–Kier alpha value is -1.74. The number of nitrogen functional groups attached to an aromatic ring is 1. The third-order valence-electron chi connectivity index (χ3n) is 2.05. The van der Waals surface area contributed by atoms with E-state index in [1.807, 2.05) is 0 Å². The van der Waals surface area contributed by atoms with Gasteiger partial charge in [-0.2, -0.15) is 4.37 Å². The first-order chi connectivity index (χ1) is 8.40. The van der Waals surface area contributed by atoms with E-state index in [1.165, 1.54) is 12.1 Å². The summed E-state index contributed by atoms with van der Waals surface area (Å²) in [6, 6.07) is 3.57. The molecule has 0 saturated carbocycles. The van der Waals surface area contributed by atoms with Crippen molar-refractivity contribution in [2.24, 2.45) is 0 Å². The SMILES string of the molecule is Cc1nsc(NS(=O)(=O)c2cccc(F)c2N)n1. The predicted octanol–water partition coefficient (Wildman–Crippen LogP) is 1.37. The topological polar surface area (TPSA) is 98.0 Å². The van der Waals surface area contributed by atoms with E-state index in [4.69, 9.17) is 5.73 Å². The van der Waals surface area contributed by atoms with E-state index >= 15 is 0 Å². The lowest BCUT2D eigenvalue weighted by Gasteiger charge is -2.07. The molecule has 0 aliphatic rings. The van der Waals surface area contributed by atoms with Crippen molar-refractivity contribution in [3.63, 3.8) is 0 Å². The number of hydrogen-bond donors (Lipinski definition) is 2. The fraction of sp³-hybridized carbons (Fsp3) is 0.111. The molecular formula is C9H9FN4O2S2. The van der Waals surface area contributed by atoms with Crippen LogP contribution in [-0.2, 0) is 10.0 Å². The van der Waals surface area contributed by atoms with Crippen LogP contribution in [0, 0.1) is 12.7 Å². The fourth-order valence-corrected chi connectivity index (χ4v) is 3.20. The highest BCUT2D eigenvalue weighted by atomic mass is 32.2. The first-order valence-electron chi connectivity index (χ1n) is 4.77. The quantitative estimate of drug-likeness (QED) is 0.831. The number of anilines is 2. The molecule has 96 valence electrons. The van der Waals surface area contributed by atoms with E-state index in [0.717, 1.165) is 17.6 Å². The summed E-state index contributed by atoms with van der Waals surface area (Å²) in [5, 5.41) is 0.108. The normalized spacial score (nSPS) is 11.4. The van der Waals surface area contributed by atoms with Gasteiger partial charge in [-0.05, 0) is 19.1 Å². The minimum atomic E-state index is -3.96. The van der Waals surface area contributed by atoms with E-state index in [1.54, 1.807) is 6.92 Å². The van der Waals surface area contributed by atoms with Crippen molar-refractivity contribution in [3.05, 3.63) is 29.8 Å². The zero-order valence-electron chi connectivity index (χ0n) is 9.21. The molecule has 0 atom stereocenters. The number of nitrogens with one attached hydrogen (secondary N) is 1. The average Bonchev–Trinajstić information content (AvgIpc) is 2.67. The molecule has 2 rings (SSSR count). The fourth-order valence-electron chi connectivity index (χ4n) is 1.26. The molecule has 0 aliphatic heterocycles. The number of hydrogen-bond acceptors (Lipinski definition) is 6. The van der Waals surface area contributed by atoms with Gasteiger partial charge in [0.2, 0.25) is 5.13 Å². The lowest BCUT2D eigenvalue weighted by Crippen LogP contribution is -2.15. The van der Waals surface area contributed by atoms with Crippen molar-refractivity contribution < 1.29 is 12.8 Å². The molecule has 6 nitrogen and oxygen atoms in total. The summed E-state index contributed by atoms with van der Waals surface area (Å²) in [5.74, 6) is -0.337. The molecule has 0 saturated heterocycles. The number of rotatable bonds is 3. The zero-order chi connectivity index (χ0) is 13.3. The van der Waals surface area contributed by atoms with Crippen LogP contribution in [0.15, 0.2) is 23.1 Å². The van der Waals surface area contributed by atoms with Crippen LogP contribution in [0.2, 0.25) is 0 Å². The number of nitrogens with zero attached hydrogens (tertiary/aromatic N) is 2. The Morgan fingerprint density at radius 3 is 2.78 bits per heavy atom. The molecule has 1 heterocycles. The zero-order valence-corrected chi connectivity index (χ0v) is 10.8. The summed E-state index contributed by atoms with van der Waals surface area (Å²) < 4.78 is 43.2. The van der Waals surface area contributed by atoms with Crippen LogP contribution in [-0.4, -0.2) is 17.8 Å². The van der Waals surface area contributed by atoms with Crippen molar-refractivity contribution in [1.29, 1.82) is 0 Å². The van der Waals surface area contributed by atoms with Crippen molar-refractivity contribution in [3.8, 4) is 0 Å². The minimum Gasteiger partial charge on any atom is -0.395 e. The molecule has 3 N–H and O–H groups in total. The summed E-state index contributed by atoms with van der Waals surface area (Å²) in [6.45, 7) is 1.63. The Labute approximate surface area is 107 Å². The Bertz CT molecular complexity index is 684. The van der Waals surface area contributed by atoms with E-state index in [9.17, 15) is 12.8 Å². The van der Waals surface area contributed by atoms with Gasteiger partial charge in [-0.25, -0.2) is 17.8 Å². The maximum absolute atomic E-state index is 13.2. The highest BCUT2D eigenvalue weighted by molar-refractivity contribution is 7.93. The summed E-state index contributed by atoms with van der Waals surface area (Å²) >= 11 is 0.895. The molecule has 0 aliphatic carbocycles. The van der Waals surface area contributed by atoms with E-state index in [2.05, 4.69) is 14.1 Å². The third kappa shape index (κ3) is 2.41. The molecule has 9 heteroatoms. The van der Waals surface area contributed by atoms with Gasteiger partial charge in [-0.15, -0.1) is 0 Å². The summed E-state index contributed by atoms with van der Waals surface area (Å²) in [7, 11) is -3.96. The Balaban J connectivity index is 2.40. The number of para-hydroxylation sites is 1. The van der Waals surface area contributed by atoms with Gasteiger partial charge in [0.15, 0.2) is 0 Å². The molecule has 0 amide bonds. The Kier molecular flexibility index (Phi) is 3.18. The molecule has 1 aromatic carbocycles. The van der Waals surface area contributed by atoms with Crippen LogP contribution in [0.1, 0.15) is 5.82 Å². The smallest absolute Gasteiger partial charge is 0.265 e. The maximum Gasteiger partial charge on any atom is 0.265 e.